The van der Waals surface area contributed by atoms with Crippen molar-refractivity contribution in [3.05, 3.63) is 21.7 Å². The minimum Gasteiger partial charge on any atom is -0.476 e. The van der Waals surface area contributed by atoms with Crippen molar-refractivity contribution in [1.29, 1.82) is 0 Å². The number of aliphatic imine (C=N–C) groups is 1. The van der Waals surface area contributed by atoms with Gasteiger partial charge in [-0.25, -0.2) is 9.98 Å². The standard InChI is InChI=1S/C28H42N2O6S/c1-15-9-8-10-21-23(35-18(4)29-21)12-22(16(2)11-20-14-37-19(5)30-20)36-25(32)13-24(31)28(6,7)27(34)17(3)26(15)33/h11,14-15,17,21-24,26,31,33H,8-10,12-13H2,1-7H3/b16-11+/t15-,17+,21-,22-,23-,24-,26-/m0/s1. The summed E-state index contributed by atoms with van der Waals surface area (Å²) in [6.07, 6.45) is 1.35. The van der Waals surface area contributed by atoms with E-state index in [0.717, 1.165) is 35.5 Å². The second kappa shape index (κ2) is 12.2. The number of carbonyl (C=O) groups is 2. The zero-order chi connectivity index (χ0) is 27.5. The van der Waals surface area contributed by atoms with E-state index in [1.807, 2.05) is 39.2 Å². The number of cyclic esters (lactones) is 1. The maximum Gasteiger partial charge on any atom is 0.309 e. The van der Waals surface area contributed by atoms with Crippen LogP contribution in [0.1, 0.15) is 84.3 Å². The van der Waals surface area contributed by atoms with Crippen molar-refractivity contribution >= 4 is 35.1 Å². The maximum atomic E-state index is 13.3. The summed E-state index contributed by atoms with van der Waals surface area (Å²) < 4.78 is 12.0. The molecule has 0 bridgehead atoms. The molecule has 1 saturated heterocycles. The van der Waals surface area contributed by atoms with Gasteiger partial charge in [-0.05, 0) is 44.3 Å². The van der Waals surface area contributed by atoms with Gasteiger partial charge in [-0.15, -0.1) is 11.3 Å². The molecule has 2 aliphatic rings. The molecule has 206 valence electrons. The molecular formula is C28H42N2O6S. The molecule has 37 heavy (non-hydrogen) atoms. The van der Waals surface area contributed by atoms with Crippen LogP contribution in [-0.4, -0.2) is 63.3 Å². The third-order valence-electron chi connectivity index (χ3n) is 7.84. The summed E-state index contributed by atoms with van der Waals surface area (Å²) in [6, 6.07) is -0.0867. The van der Waals surface area contributed by atoms with Crippen LogP contribution in [0.15, 0.2) is 15.9 Å². The minimum absolute atomic E-state index is 0.0867. The van der Waals surface area contributed by atoms with Gasteiger partial charge >= 0.3 is 5.97 Å². The number of ether oxygens (including phenoxy) is 2. The lowest BCUT2D eigenvalue weighted by molar-refractivity contribution is -0.155. The molecule has 2 aliphatic heterocycles. The van der Waals surface area contributed by atoms with Gasteiger partial charge < -0.3 is 19.7 Å². The van der Waals surface area contributed by atoms with E-state index in [4.69, 9.17) is 9.47 Å². The average Bonchev–Trinajstić information content (AvgIpc) is 3.40. The molecule has 2 N–H and O–H groups in total. The number of aliphatic hydroxyl groups is 2. The van der Waals surface area contributed by atoms with Gasteiger partial charge in [0.15, 0.2) is 5.90 Å². The van der Waals surface area contributed by atoms with Gasteiger partial charge in [-0.1, -0.05) is 34.1 Å². The van der Waals surface area contributed by atoms with Crippen molar-refractivity contribution in [3.8, 4) is 0 Å². The van der Waals surface area contributed by atoms with Crippen molar-refractivity contribution in [2.24, 2.45) is 22.2 Å². The van der Waals surface area contributed by atoms with Gasteiger partial charge in [-0.3, -0.25) is 9.59 Å². The summed E-state index contributed by atoms with van der Waals surface area (Å²) in [7, 11) is 0. The molecule has 0 amide bonds. The van der Waals surface area contributed by atoms with Crippen molar-refractivity contribution in [2.45, 2.75) is 111 Å². The SMILES string of the molecule is CC1=N[C@H]2CCC[C@H](C)[C@H](O)[C@@H](C)C(=O)C(C)(C)[C@@H](O)CC(=O)O[C@H](/C(C)=C/c3csc(C)n3)C[C@@H]2O1. The van der Waals surface area contributed by atoms with Crippen LogP contribution in [-0.2, 0) is 19.1 Å². The average molecular weight is 535 g/mol. The number of carbonyl (C=O) groups excluding carboxylic acids is 2. The van der Waals surface area contributed by atoms with Gasteiger partial charge in [0.05, 0.1) is 40.8 Å². The molecule has 0 spiro atoms. The molecule has 1 aromatic heterocycles. The predicted molar refractivity (Wildman–Crippen MR) is 144 cm³/mol. The van der Waals surface area contributed by atoms with Crippen LogP contribution in [0, 0.1) is 24.2 Å². The Hall–Kier alpha value is -2.10. The molecule has 1 fully saturated rings. The second-order valence-electron chi connectivity index (χ2n) is 11.3. The summed E-state index contributed by atoms with van der Waals surface area (Å²) in [5.41, 5.74) is 0.397. The van der Waals surface area contributed by atoms with E-state index in [0.29, 0.717) is 12.3 Å². The quantitative estimate of drug-likeness (QED) is 0.536. The topological polar surface area (TPSA) is 118 Å². The zero-order valence-electron chi connectivity index (χ0n) is 23.1. The minimum atomic E-state index is -1.25. The van der Waals surface area contributed by atoms with Crippen LogP contribution in [0.25, 0.3) is 6.08 Å². The van der Waals surface area contributed by atoms with E-state index >= 15 is 0 Å². The molecule has 0 unspecified atom stereocenters. The lowest BCUT2D eigenvalue weighted by Gasteiger charge is -2.34. The highest BCUT2D eigenvalue weighted by Crippen LogP contribution is 2.33. The lowest BCUT2D eigenvalue weighted by Crippen LogP contribution is -2.46. The highest BCUT2D eigenvalue weighted by Gasteiger charge is 2.43. The molecule has 0 aliphatic carbocycles. The fraction of sp³-hybridized carbons (Fsp3) is 0.714. The number of hydrogen-bond donors (Lipinski definition) is 2. The van der Waals surface area contributed by atoms with Crippen LogP contribution >= 0.6 is 11.3 Å². The number of aliphatic hydroxyl groups excluding tert-OH is 2. The highest BCUT2D eigenvalue weighted by molar-refractivity contribution is 7.09. The van der Waals surface area contributed by atoms with Crippen LogP contribution in [0.5, 0.6) is 0 Å². The number of ketones is 1. The van der Waals surface area contributed by atoms with E-state index in [1.54, 1.807) is 32.1 Å². The largest absolute Gasteiger partial charge is 0.476 e. The number of Topliss-reactive ketones (excluding diaryl/α,β-unsaturated/α-hetero) is 1. The Bertz CT molecular complexity index is 1030. The third-order valence-corrected chi connectivity index (χ3v) is 8.63. The van der Waals surface area contributed by atoms with Gasteiger partial charge in [0.1, 0.15) is 18.0 Å². The molecule has 0 radical (unpaired) electrons. The van der Waals surface area contributed by atoms with E-state index < -0.39 is 35.6 Å². The Labute approximate surface area is 224 Å². The van der Waals surface area contributed by atoms with Gasteiger partial charge in [0, 0.05) is 24.6 Å². The monoisotopic (exact) mass is 534 g/mol. The fourth-order valence-electron chi connectivity index (χ4n) is 5.25. The Morgan fingerprint density at radius 1 is 1.16 bits per heavy atom. The van der Waals surface area contributed by atoms with Crippen LogP contribution in [0.3, 0.4) is 0 Å². The lowest BCUT2D eigenvalue weighted by atomic mass is 9.73. The molecule has 3 rings (SSSR count). The van der Waals surface area contributed by atoms with Crippen LogP contribution in [0.2, 0.25) is 0 Å². The van der Waals surface area contributed by atoms with Crippen molar-refractivity contribution in [2.75, 3.05) is 0 Å². The number of thiazole rings is 1. The predicted octanol–water partition coefficient (Wildman–Crippen LogP) is 4.51. The number of nitrogens with zero attached hydrogens (tertiary/aromatic N) is 2. The molecule has 1 aromatic rings. The number of esters is 1. The van der Waals surface area contributed by atoms with Gasteiger partial charge in [0.25, 0.3) is 0 Å². The third kappa shape index (κ3) is 7.27. The molecule has 0 saturated carbocycles. The first-order valence-electron chi connectivity index (χ1n) is 13.2. The summed E-state index contributed by atoms with van der Waals surface area (Å²) in [5, 5.41) is 24.7. The van der Waals surface area contributed by atoms with E-state index in [2.05, 4.69) is 9.98 Å². The van der Waals surface area contributed by atoms with Crippen LogP contribution < -0.4 is 0 Å². The summed E-state index contributed by atoms with van der Waals surface area (Å²) in [4.78, 5) is 35.5. The molecular weight excluding hydrogens is 492 g/mol. The molecule has 7 atom stereocenters. The normalized spacial score (nSPS) is 34.4. The summed E-state index contributed by atoms with van der Waals surface area (Å²) in [5.74, 6) is -1.03. The number of aryl methyl sites for hydroxylation is 1. The molecule has 9 heteroatoms. The Morgan fingerprint density at radius 3 is 2.51 bits per heavy atom. The van der Waals surface area contributed by atoms with Crippen molar-refractivity contribution < 1.29 is 29.3 Å². The van der Waals surface area contributed by atoms with Crippen molar-refractivity contribution in [3.63, 3.8) is 0 Å². The summed E-state index contributed by atoms with van der Waals surface area (Å²) in [6.45, 7) is 12.5. The second-order valence-corrected chi connectivity index (χ2v) is 12.3. The Morgan fingerprint density at radius 2 is 1.86 bits per heavy atom. The zero-order valence-corrected chi connectivity index (χ0v) is 23.9. The van der Waals surface area contributed by atoms with E-state index in [1.165, 1.54) is 0 Å². The number of aromatic nitrogens is 1. The molecule has 3 heterocycles. The number of fused-ring (bicyclic) bond motifs is 1. The van der Waals surface area contributed by atoms with Gasteiger partial charge in [-0.2, -0.15) is 0 Å². The maximum absolute atomic E-state index is 13.3. The van der Waals surface area contributed by atoms with E-state index in [9.17, 15) is 19.8 Å². The first-order chi connectivity index (χ1) is 17.3. The first-order valence-corrected chi connectivity index (χ1v) is 14.1. The number of hydrogen-bond acceptors (Lipinski definition) is 9. The fourth-order valence-corrected chi connectivity index (χ4v) is 5.82. The van der Waals surface area contributed by atoms with Crippen LogP contribution in [0.4, 0.5) is 0 Å². The van der Waals surface area contributed by atoms with E-state index in [-0.39, 0.29) is 30.3 Å². The van der Waals surface area contributed by atoms with Gasteiger partial charge in [0.2, 0.25) is 0 Å². The first kappa shape index (κ1) is 29.5. The smallest absolute Gasteiger partial charge is 0.309 e. The number of rotatable bonds is 2. The summed E-state index contributed by atoms with van der Waals surface area (Å²) >= 11 is 1.55. The van der Waals surface area contributed by atoms with Crippen molar-refractivity contribution in [1.82, 2.24) is 4.98 Å². The Kier molecular flexibility index (Phi) is 9.69. The highest BCUT2D eigenvalue weighted by atomic mass is 32.1. The molecule has 0 aromatic carbocycles. The molecule has 8 nitrogen and oxygen atoms in total. The Balaban J connectivity index is 1.91.